The SMILES string of the molecule is Cc1cc(NS(=O)(=O)c2ccc(C#CCN)c(C)c2)no1. The molecule has 1 heterocycles. The van der Waals surface area contributed by atoms with E-state index < -0.39 is 10.0 Å². The van der Waals surface area contributed by atoms with Crippen LogP contribution >= 0.6 is 0 Å². The minimum Gasteiger partial charge on any atom is -0.360 e. The van der Waals surface area contributed by atoms with Gasteiger partial charge in [-0.1, -0.05) is 17.0 Å². The average Bonchev–Trinajstić information content (AvgIpc) is 2.82. The first-order valence-corrected chi connectivity index (χ1v) is 7.66. The Morgan fingerprint density at radius 1 is 1.33 bits per heavy atom. The summed E-state index contributed by atoms with van der Waals surface area (Å²) in [5.41, 5.74) is 6.82. The monoisotopic (exact) mass is 305 g/mol. The number of anilines is 1. The molecule has 110 valence electrons. The smallest absolute Gasteiger partial charge is 0.263 e. The van der Waals surface area contributed by atoms with Crippen molar-refractivity contribution in [2.75, 3.05) is 11.3 Å². The van der Waals surface area contributed by atoms with Crippen molar-refractivity contribution in [3.05, 3.63) is 41.2 Å². The predicted octanol–water partition coefficient (Wildman–Crippen LogP) is 1.40. The van der Waals surface area contributed by atoms with Crippen molar-refractivity contribution in [1.82, 2.24) is 5.16 Å². The summed E-state index contributed by atoms with van der Waals surface area (Å²) in [6.07, 6.45) is 0. The number of nitrogens with one attached hydrogen (secondary N) is 1. The van der Waals surface area contributed by atoms with Crippen molar-refractivity contribution in [3.8, 4) is 11.8 Å². The minimum absolute atomic E-state index is 0.138. The number of hydrogen-bond acceptors (Lipinski definition) is 5. The second-order valence-electron chi connectivity index (χ2n) is 4.41. The third kappa shape index (κ3) is 3.62. The van der Waals surface area contributed by atoms with Crippen LogP contribution in [0.4, 0.5) is 5.82 Å². The van der Waals surface area contributed by atoms with Gasteiger partial charge >= 0.3 is 0 Å². The second-order valence-corrected chi connectivity index (χ2v) is 6.09. The van der Waals surface area contributed by atoms with Crippen molar-refractivity contribution in [2.24, 2.45) is 5.73 Å². The molecule has 0 saturated carbocycles. The highest BCUT2D eigenvalue weighted by molar-refractivity contribution is 7.92. The normalized spacial score (nSPS) is 10.8. The largest absolute Gasteiger partial charge is 0.360 e. The van der Waals surface area contributed by atoms with Crippen LogP contribution in [-0.2, 0) is 10.0 Å². The molecule has 3 N–H and O–H groups in total. The molecule has 0 aliphatic carbocycles. The molecule has 0 fully saturated rings. The van der Waals surface area contributed by atoms with Gasteiger partial charge in [-0.05, 0) is 37.6 Å². The molecule has 21 heavy (non-hydrogen) atoms. The third-order valence-corrected chi connectivity index (χ3v) is 4.05. The van der Waals surface area contributed by atoms with E-state index in [0.29, 0.717) is 5.76 Å². The fourth-order valence-corrected chi connectivity index (χ4v) is 2.77. The summed E-state index contributed by atoms with van der Waals surface area (Å²) >= 11 is 0. The lowest BCUT2D eigenvalue weighted by Crippen LogP contribution is -2.13. The lowest BCUT2D eigenvalue weighted by Gasteiger charge is -2.06. The molecule has 0 atom stereocenters. The zero-order valence-corrected chi connectivity index (χ0v) is 12.5. The van der Waals surface area contributed by atoms with Crippen LogP contribution in [0.5, 0.6) is 0 Å². The molecule has 0 unspecified atom stereocenters. The summed E-state index contributed by atoms with van der Waals surface area (Å²) in [6, 6.07) is 6.20. The first-order chi connectivity index (χ1) is 9.92. The van der Waals surface area contributed by atoms with Crippen LogP contribution in [-0.4, -0.2) is 20.1 Å². The fourth-order valence-electron chi connectivity index (χ4n) is 1.70. The maximum Gasteiger partial charge on any atom is 0.263 e. The van der Waals surface area contributed by atoms with E-state index in [1.807, 2.05) is 0 Å². The summed E-state index contributed by atoms with van der Waals surface area (Å²) in [4.78, 5) is 0.138. The zero-order valence-electron chi connectivity index (χ0n) is 11.7. The topological polar surface area (TPSA) is 98.2 Å². The Morgan fingerprint density at radius 3 is 2.67 bits per heavy atom. The van der Waals surface area contributed by atoms with E-state index in [2.05, 4.69) is 21.7 Å². The van der Waals surface area contributed by atoms with Crippen molar-refractivity contribution < 1.29 is 12.9 Å². The number of rotatable bonds is 3. The van der Waals surface area contributed by atoms with E-state index in [9.17, 15) is 8.42 Å². The number of sulfonamides is 1. The van der Waals surface area contributed by atoms with Gasteiger partial charge in [0.25, 0.3) is 10.0 Å². The lowest BCUT2D eigenvalue weighted by atomic mass is 10.1. The summed E-state index contributed by atoms with van der Waals surface area (Å²) in [6.45, 7) is 3.73. The van der Waals surface area contributed by atoms with Gasteiger partial charge in [-0.15, -0.1) is 0 Å². The van der Waals surface area contributed by atoms with Gasteiger partial charge in [-0.3, -0.25) is 4.72 Å². The lowest BCUT2D eigenvalue weighted by molar-refractivity contribution is 0.400. The molecule has 0 amide bonds. The molecule has 7 heteroatoms. The third-order valence-electron chi connectivity index (χ3n) is 2.70. The summed E-state index contributed by atoms with van der Waals surface area (Å²) in [5.74, 6) is 6.30. The molecule has 2 rings (SSSR count). The molecular formula is C14H15N3O3S. The minimum atomic E-state index is -3.71. The highest BCUT2D eigenvalue weighted by Crippen LogP contribution is 2.18. The predicted molar refractivity (Wildman–Crippen MR) is 79.2 cm³/mol. The first kappa shape index (κ1) is 15.1. The van der Waals surface area contributed by atoms with Crippen LogP contribution in [0.1, 0.15) is 16.9 Å². The number of nitrogens with zero attached hydrogens (tertiary/aromatic N) is 1. The average molecular weight is 305 g/mol. The molecule has 6 nitrogen and oxygen atoms in total. The first-order valence-electron chi connectivity index (χ1n) is 6.18. The Balaban J connectivity index is 2.30. The second kappa shape index (κ2) is 5.99. The van der Waals surface area contributed by atoms with Gasteiger partial charge in [-0.25, -0.2) is 8.42 Å². The van der Waals surface area contributed by atoms with Gasteiger partial charge in [0, 0.05) is 11.6 Å². The Kier molecular flexibility index (Phi) is 4.31. The molecule has 0 saturated heterocycles. The molecule has 0 radical (unpaired) electrons. The summed E-state index contributed by atoms with van der Waals surface area (Å²) in [7, 11) is -3.71. The molecule has 1 aromatic heterocycles. The van der Waals surface area contributed by atoms with Crippen LogP contribution in [0.15, 0.2) is 33.7 Å². The van der Waals surface area contributed by atoms with E-state index >= 15 is 0 Å². The van der Waals surface area contributed by atoms with E-state index in [0.717, 1.165) is 11.1 Å². The Labute approximate surface area is 123 Å². The highest BCUT2D eigenvalue weighted by Gasteiger charge is 2.16. The van der Waals surface area contributed by atoms with Gasteiger partial charge in [-0.2, -0.15) is 0 Å². The highest BCUT2D eigenvalue weighted by atomic mass is 32.2. The van der Waals surface area contributed by atoms with Crippen LogP contribution in [0.2, 0.25) is 0 Å². The fraction of sp³-hybridized carbons (Fsp3) is 0.214. The Morgan fingerprint density at radius 2 is 2.10 bits per heavy atom. The number of nitrogens with two attached hydrogens (primary N) is 1. The molecular weight excluding hydrogens is 290 g/mol. The molecule has 0 bridgehead atoms. The van der Waals surface area contributed by atoms with Crippen molar-refractivity contribution in [2.45, 2.75) is 18.7 Å². The van der Waals surface area contributed by atoms with Gasteiger partial charge in [0.05, 0.1) is 11.4 Å². The van der Waals surface area contributed by atoms with Crippen molar-refractivity contribution in [1.29, 1.82) is 0 Å². The standard InChI is InChI=1S/C14H15N3O3S/c1-10-8-13(6-5-12(10)4-3-7-15)21(18,19)17-14-9-11(2)20-16-14/h5-6,8-9H,7,15H2,1-2H3,(H,16,17). The Bertz CT molecular complexity index is 813. The molecule has 0 aliphatic heterocycles. The summed E-state index contributed by atoms with van der Waals surface area (Å²) in [5, 5.41) is 3.61. The molecule has 2 aromatic rings. The van der Waals surface area contributed by atoms with Crippen molar-refractivity contribution in [3.63, 3.8) is 0 Å². The molecule has 0 spiro atoms. The molecule has 1 aromatic carbocycles. The zero-order chi connectivity index (χ0) is 15.5. The van der Waals surface area contributed by atoms with Gasteiger partial charge in [0.15, 0.2) is 5.82 Å². The Hall–Kier alpha value is -2.30. The number of aromatic nitrogens is 1. The van der Waals surface area contributed by atoms with Gasteiger partial charge in [0.1, 0.15) is 5.76 Å². The number of benzene rings is 1. The quantitative estimate of drug-likeness (QED) is 0.835. The number of hydrogen-bond donors (Lipinski definition) is 2. The van der Waals surface area contributed by atoms with Crippen LogP contribution in [0.25, 0.3) is 0 Å². The van der Waals surface area contributed by atoms with Crippen LogP contribution in [0.3, 0.4) is 0 Å². The van der Waals surface area contributed by atoms with Crippen molar-refractivity contribution >= 4 is 15.8 Å². The summed E-state index contributed by atoms with van der Waals surface area (Å²) < 4.78 is 31.7. The maximum absolute atomic E-state index is 12.2. The van der Waals surface area contributed by atoms with E-state index in [4.69, 9.17) is 10.3 Å². The van der Waals surface area contributed by atoms with Crippen LogP contribution in [0, 0.1) is 25.7 Å². The number of aryl methyl sites for hydroxylation is 2. The van der Waals surface area contributed by atoms with Gasteiger partial charge < -0.3 is 10.3 Å². The van der Waals surface area contributed by atoms with E-state index in [-0.39, 0.29) is 17.3 Å². The van der Waals surface area contributed by atoms with E-state index in [1.54, 1.807) is 26.0 Å². The maximum atomic E-state index is 12.2. The molecule has 0 aliphatic rings. The van der Waals surface area contributed by atoms with Crippen LogP contribution < -0.4 is 10.5 Å². The van der Waals surface area contributed by atoms with E-state index in [1.165, 1.54) is 12.1 Å². The van der Waals surface area contributed by atoms with Gasteiger partial charge in [0.2, 0.25) is 0 Å².